The van der Waals surface area contributed by atoms with E-state index in [1.54, 1.807) is 54.6 Å². The summed E-state index contributed by atoms with van der Waals surface area (Å²) in [6, 6.07) is 18.4. The third-order valence-electron chi connectivity index (χ3n) is 5.47. The van der Waals surface area contributed by atoms with Crippen LogP contribution in [0.15, 0.2) is 77.7 Å². The van der Waals surface area contributed by atoms with E-state index in [-0.39, 0.29) is 11.4 Å². The van der Waals surface area contributed by atoms with Crippen LogP contribution in [-0.2, 0) is 32.6 Å². The molecule has 0 unspecified atom stereocenters. The Morgan fingerprint density at radius 2 is 1.75 bits per heavy atom. The zero-order valence-corrected chi connectivity index (χ0v) is 21.5. The number of nitrogens with zero attached hydrogens (tertiary/aromatic N) is 1. The van der Waals surface area contributed by atoms with Gasteiger partial charge in [0, 0.05) is 17.6 Å². The van der Waals surface area contributed by atoms with Crippen molar-refractivity contribution in [2.24, 2.45) is 0 Å². The van der Waals surface area contributed by atoms with E-state index in [4.69, 9.17) is 16.7 Å². The van der Waals surface area contributed by atoms with Crippen LogP contribution in [0, 0.1) is 6.92 Å². The molecule has 0 spiro atoms. The fraction of sp³-hybridized carbons (Fsp3) is 0.185. The molecule has 7 nitrogen and oxygen atoms in total. The predicted molar refractivity (Wildman–Crippen MR) is 141 cm³/mol. The maximum absolute atomic E-state index is 13.7. The number of nitrogens with one attached hydrogen (secondary N) is 1. The Morgan fingerprint density at radius 3 is 2.42 bits per heavy atom. The molecule has 0 atom stereocenters. The van der Waals surface area contributed by atoms with Gasteiger partial charge in [-0.2, -0.15) is 0 Å². The number of carboxylic acid groups (broad SMARTS) is 1. The zero-order chi connectivity index (χ0) is 26.3. The number of hydrogen-bond acceptors (Lipinski definition) is 4. The fourth-order valence-electron chi connectivity index (χ4n) is 3.63. The van der Waals surface area contributed by atoms with Crippen molar-refractivity contribution in [3.63, 3.8) is 0 Å². The number of sulfonamides is 1. The summed E-state index contributed by atoms with van der Waals surface area (Å²) in [5, 5.41) is 12.0. The van der Waals surface area contributed by atoms with Crippen LogP contribution < -0.4 is 9.62 Å². The molecule has 36 heavy (non-hydrogen) atoms. The lowest BCUT2D eigenvalue weighted by Gasteiger charge is -2.26. The normalized spacial score (nSPS) is 11.4. The number of amides is 1. The molecule has 0 saturated heterocycles. The first-order valence-electron chi connectivity index (χ1n) is 11.2. The molecule has 9 heteroatoms. The fourth-order valence-corrected chi connectivity index (χ4v) is 5.38. The number of rotatable bonds is 10. The highest BCUT2D eigenvalue weighted by Gasteiger charge is 2.29. The van der Waals surface area contributed by atoms with Crippen molar-refractivity contribution in [3.8, 4) is 0 Å². The van der Waals surface area contributed by atoms with Gasteiger partial charge < -0.3 is 10.4 Å². The minimum atomic E-state index is -4.07. The number of aliphatic carboxylic acids is 1. The Kier molecular flexibility index (Phi) is 8.90. The van der Waals surface area contributed by atoms with Crippen LogP contribution in [0.2, 0.25) is 5.02 Å². The largest absolute Gasteiger partial charge is 0.478 e. The number of carboxylic acids is 1. The number of carbonyl (C=O) groups is 2. The van der Waals surface area contributed by atoms with Gasteiger partial charge in [0.2, 0.25) is 5.91 Å². The molecule has 0 fully saturated rings. The lowest BCUT2D eigenvalue weighted by atomic mass is 10.1. The number of hydrogen-bond donors (Lipinski definition) is 2. The molecule has 3 rings (SSSR count). The molecule has 0 aliphatic rings. The Bertz CT molecular complexity index is 1390. The summed E-state index contributed by atoms with van der Waals surface area (Å²) < 4.78 is 28.4. The second-order valence-corrected chi connectivity index (χ2v) is 10.4. The lowest BCUT2D eigenvalue weighted by molar-refractivity contribution is -0.131. The minimum absolute atomic E-state index is 0.0702. The first-order chi connectivity index (χ1) is 17.1. The molecule has 0 heterocycles. The molecular formula is C27H27ClN2O5S. The van der Waals surface area contributed by atoms with Gasteiger partial charge in [0.15, 0.2) is 0 Å². The average Bonchev–Trinajstić information content (AvgIpc) is 2.85. The van der Waals surface area contributed by atoms with E-state index in [0.717, 1.165) is 21.5 Å². The molecule has 0 radical (unpaired) electrons. The van der Waals surface area contributed by atoms with E-state index in [2.05, 4.69) is 5.32 Å². The summed E-state index contributed by atoms with van der Waals surface area (Å²) in [6.07, 6.45) is 2.96. The van der Waals surface area contributed by atoms with Crippen LogP contribution in [0.25, 0.3) is 6.08 Å². The summed E-state index contributed by atoms with van der Waals surface area (Å²) in [4.78, 5) is 23.8. The molecule has 0 bridgehead atoms. The molecule has 0 aliphatic heterocycles. The van der Waals surface area contributed by atoms with Crippen molar-refractivity contribution in [2.45, 2.75) is 31.7 Å². The van der Waals surface area contributed by atoms with E-state index in [0.29, 0.717) is 28.3 Å². The SMILES string of the molecule is CCc1c(Cl)cccc1N(CC(=O)NCc1cccc(/C=C/C(=O)O)c1)S(=O)(=O)c1ccc(C)cc1. The van der Waals surface area contributed by atoms with Crippen molar-refractivity contribution in [1.29, 1.82) is 0 Å². The topological polar surface area (TPSA) is 104 Å². The molecule has 0 aliphatic carbocycles. The highest BCUT2D eigenvalue weighted by Crippen LogP contribution is 2.32. The number of aryl methyl sites for hydroxylation is 1. The van der Waals surface area contributed by atoms with Crippen molar-refractivity contribution in [1.82, 2.24) is 5.32 Å². The summed E-state index contributed by atoms with van der Waals surface area (Å²) in [6.45, 7) is 3.43. The molecule has 2 N–H and O–H groups in total. The summed E-state index contributed by atoms with van der Waals surface area (Å²) in [5.74, 6) is -1.56. The molecule has 3 aromatic rings. The van der Waals surface area contributed by atoms with Crippen LogP contribution in [0.1, 0.15) is 29.2 Å². The lowest BCUT2D eigenvalue weighted by Crippen LogP contribution is -2.41. The van der Waals surface area contributed by atoms with Crippen molar-refractivity contribution < 1.29 is 23.1 Å². The maximum atomic E-state index is 13.7. The van der Waals surface area contributed by atoms with E-state index >= 15 is 0 Å². The maximum Gasteiger partial charge on any atom is 0.328 e. The van der Waals surface area contributed by atoms with E-state index in [9.17, 15) is 18.0 Å². The first kappa shape index (κ1) is 27.0. The van der Waals surface area contributed by atoms with Gasteiger partial charge in [-0.15, -0.1) is 0 Å². The van der Waals surface area contributed by atoms with Gasteiger partial charge in [0.25, 0.3) is 10.0 Å². The number of halogens is 1. The Labute approximate surface area is 216 Å². The van der Waals surface area contributed by atoms with Crippen molar-refractivity contribution in [3.05, 3.63) is 100 Å². The summed E-state index contributed by atoms with van der Waals surface area (Å²) in [7, 11) is -4.07. The highest BCUT2D eigenvalue weighted by atomic mass is 35.5. The molecule has 1 amide bonds. The standard InChI is InChI=1S/C27H27ClN2O5S/c1-3-23-24(28)8-5-9-25(23)30(36(34,35)22-13-10-19(2)11-14-22)18-26(31)29-17-21-7-4-6-20(16-21)12-15-27(32)33/h4-16H,3,17-18H2,1-2H3,(H,29,31)(H,32,33)/b15-12+. The second kappa shape index (κ2) is 11.9. The van der Waals surface area contributed by atoms with Gasteiger partial charge in [-0.05, 0) is 66.4 Å². The van der Waals surface area contributed by atoms with Gasteiger partial charge in [-0.25, -0.2) is 13.2 Å². The number of anilines is 1. The molecule has 0 saturated carbocycles. The van der Waals surface area contributed by atoms with Crippen molar-refractivity contribution in [2.75, 3.05) is 10.8 Å². The molecular weight excluding hydrogens is 500 g/mol. The second-order valence-electron chi connectivity index (χ2n) is 8.11. The predicted octanol–water partition coefficient (Wildman–Crippen LogP) is 4.82. The van der Waals surface area contributed by atoms with Crippen LogP contribution in [0.3, 0.4) is 0 Å². The van der Waals surface area contributed by atoms with Gasteiger partial charge in [0.05, 0.1) is 10.6 Å². The first-order valence-corrected chi connectivity index (χ1v) is 13.1. The number of benzene rings is 3. The Morgan fingerprint density at radius 1 is 1.06 bits per heavy atom. The molecule has 0 aromatic heterocycles. The van der Waals surface area contributed by atoms with Crippen LogP contribution in [0.5, 0.6) is 0 Å². The van der Waals surface area contributed by atoms with Crippen LogP contribution in [-0.4, -0.2) is 31.9 Å². The number of carbonyl (C=O) groups excluding carboxylic acids is 1. The van der Waals surface area contributed by atoms with Gasteiger partial charge in [-0.3, -0.25) is 9.10 Å². The van der Waals surface area contributed by atoms with E-state index in [1.165, 1.54) is 18.2 Å². The Balaban J connectivity index is 1.88. The van der Waals surface area contributed by atoms with Gasteiger partial charge in [-0.1, -0.05) is 60.5 Å². The summed E-state index contributed by atoms with van der Waals surface area (Å²) >= 11 is 6.36. The Hall–Kier alpha value is -3.62. The highest BCUT2D eigenvalue weighted by molar-refractivity contribution is 7.92. The van der Waals surface area contributed by atoms with Crippen LogP contribution in [0.4, 0.5) is 5.69 Å². The zero-order valence-electron chi connectivity index (χ0n) is 19.9. The van der Waals surface area contributed by atoms with Gasteiger partial charge >= 0.3 is 5.97 Å². The molecule has 188 valence electrons. The average molecular weight is 527 g/mol. The van der Waals surface area contributed by atoms with Gasteiger partial charge in [0.1, 0.15) is 6.54 Å². The monoisotopic (exact) mass is 526 g/mol. The summed E-state index contributed by atoms with van der Waals surface area (Å²) in [5.41, 5.74) is 3.29. The smallest absolute Gasteiger partial charge is 0.328 e. The quantitative estimate of drug-likeness (QED) is 0.369. The van der Waals surface area contributed by atoms with Crippen molar-refractivity contribution >= 4 is 45.3 Å². The van der Waals surface area contributed by atoms with E-state index < -0.39 is 28.4 Å². The van der Waals surface area contributed by atoms with E-state index in [1.807, 2.05) is 13.8 Å². The van der Waals surface area contributed by atoms with Crippen LogP contribution >= 0.6 is 11.6 Å². The molecule has 3 aromatic carbocycles. The third-order valence-corrected chi connectivity index (χ3v) is 7.60. The third kappa shape index (κ3) is 6.74. The minimum Gasteiger partial charge on any atom is -0.478 e.